The molecule has 0 aliphatic carbocycles. The van der Waals surface area contributed by atoms with Crippen LogP contribution in [0.1, 0.15) is 24.1 Å². The second-order valence-corrected chi connectivity index (χ2v) is 7.14. The van der Waals surface area contributed by atoms with Gasteiger partial charge in [0.15, 0.2) is 0 Å². The van der Waals surface area contributed by atoms with Crippen LogP contribution in [0.15, 0.2) is 48.5 Å². The van der Waals surface area contributed by atoms with Gasteiger partial charge in [-0.05, 0) is 30.7 Å². The minimum atomic E-state index is -4.81. The van der Waals surface area contributed by atoms with Crippen LogP contribution in [0, 0.1) is 5.92 Å². The molecule has 0 saturated carbocycles. The van der Waals surface area contributed by atoms with E-state index in [1.54, 1.807) is 6.92 Å². The van der Waals surface area contributed by atoms with Crippen LogP contribution in [0.4, 0.5) is 13.2 Å². The van der Waals surface area contributed by atoms with Crippen molar-refractivity contribution in [2.75, 3.05) is 7.11 Å². The summed E-state index contributed by atoms with van der Waals surface area (Å²) in [4.78, 5) is 11.9. The van der Waals surface area contributed by atoms with E-state index >= 15 is 0 Å². The van der Waals surface area contributed by atoms with E-state index in [1.165, 1.54) is 25.3 Å². The molecule has 0 amide bonds. The van der Waals surface area contributed by atoms with Gasteiger partial charge in [0.2, 0.25) is 0 Å². The molecule has 9 heteroatoms. The van der Waals surface area contributed by atoms with E-state index in [1.807, 2.05) is 30.3 Å². The molecule has 1 saturated heterocycles. The van der Waals surface area contributed by atoms with Crippen molar-refractivity contribution < 1.29 is 32.5 Å². The minimum absolute atomic E-state index is 0.102. The Morgan fingerprint density at radius 1 is 1.20 bits per heavy atom. The summed E-state index contributed by atoms with van der Waals surface area (Å²) in [6, 6.07) is 12.1. The largest absolute Gasteiger partial charge is 0.573 e. The molecule has 0 spiro atoms. The summed E-state index contributed by atoms with van der Waals surface area (Å²) < 4.78 is 46.9. The number of aliphatic carboxylic acids is 1. The second kappa shape index (κ2) is 8.93. The van der Waals surface area contributed by atoms with E-state index in [2.05, 4.69) is 15.4 Å². The maximum atomic E-state index is 12.6. The Bertz CT molecular complexity index is 876. The number of nitrogens with one attached hydrogen (secondary N) is 2. The quantitative estimate of drug-likeness (QED) is 0.632. The number of carboxylic acid groups (broad SMARTS) is 1. The van der Waals surface area contributed by atoms with Crippen molar-refractivity contribution >= 4 is 5.97 Å². The molecule has 0 aromatic heterocycles. The van der Waals surface area contributed by atoms with Crippen molar-refractivity contribution in [3.63, 3.8) is 0 Å². The maximum absolute atomic E-state index is 12.6. The molecule has 2 aromatic carbocycles. The number of halogens is 3. The van der Waals surface area contributed by atoms with Gasteiger partial charge in [-0.15, -0.1) is 13.2 Å². The van der Waals surface area contributed by atoms with E-state index in [-0.39, 0.29) is 24.4 Å². The van der Waals surface area contributed by atoms with Gasteiger partial charge in [-0.1, -0.05) is 30.3 Å². The Morgan fingerprint density at radius 3 is 2.50 bits per heavy atom. The SMILES string of the molecule is COc1ccc(OC(F)(F)F)cc1CNC1C(c2ccccc2)NC(C)C1C(=O)O. The second-order valence-electron chi connectivity index (χ2n) is 7.14. The average Bonchev–Trinajstić information content (AvgIpc) is 3.02. The van der Waals surface area contributed by atoms with Gasteiger partial charge in [-0.25, -0.2) is 0 Å². The number of hydrogen-bond donors (Lipinski definition) is 3. The van der Waals surface area contributed by atoms with Crippen molar-refractivity contribution in [3.8, 4) is 11.5 Å². The molecule has 2 aromatic rings. The summed E-state index contributed by atoms with van der Waals surface area (Å²) in [5, 5.41) is 16.3. The van der Waals surface area contributed by atoms with Crippen LogP contribution in [-0.2, 0) is 11.3 Å². The molecule has 0 radical (unpaired) electrons. The summed E-state index contributed by atoms with van der Waals surface area (Å²) in [6.07, 6.45) is -4.81. The zero-order valence-electron chi connectivity index (χ0n) is 16.4. The lowest BCUT2D eigenvalue weighted by molar-refractivity contribution is -0.274. The van der Waals surface area contributed by atoms with E-state index in [4.69, 9.17) is 4.74 Å². The third kappa shape index (κ3) is 5.03. The van der Waals surface area contributed by atoms with Gasteiger partial charge in [0.25, 0.3) is 0 Å². The molecule has 4 unspecified atom stereocenters. The van der Waals surface area contributed by atoms with Gasteiger partial charge in [0.1, 0.15) is 11.5 Å². The molecule has 4 atom stereocenters. The van der Waals surface area contributed by atoms with Crippen LogP contribution in [0.5, 0.6) is 11.5 Å². The van der Waals surface area contributed by atoms with Gasteiger partial charge in [-0.2, -0.15) is 0 Å². The lowest BCUT2D eigenvalue weighted by atomic mass is 9.91. The van der Waals surface area contributed by atoms with Gasteiger partial charge < -0.3 is 25.2 Å². The lowest BCUT2D eigenvalue weighted by Crippen LogP contribution is -2.41. The summed E-state index contributed by atoms with van der Waals surface area (Å²) >= 11 is 0. The number of rotatable bonds is 7. The van der Waals surface area contributed by atoms with Gasteiger partial charge >= 0.3 is 12.3 Å². The molecule has 3 N–H and O–H groups in total. The molecule has 0 bridgehead atoms. The molecule has 6 nitrogen and oxygen atoms in total. The Labute approximate surface area is 172 Å². The number of carbonyl (C=O) groups is 1. The Kier molecular flexibility index (Phi) is 6.52. The molecule has 3 rings (SSSR count). The maximum Gasteiger partial charge on any atom is 0.573 e. The highest BCUT2D eigenvalue weighted by molar-refractivity contribution is 5.72. The molecule has 1 aliphatic rings. The third-order valence-corrected chi connectivity index (χ3v) is 5.18. The van der Waals surface area contributed by atoms with Gasteiger partial charge in [0, 0.05) is 30.2 Å². The smallest absolute Gasteiger partial charge is 0.496 e. The fraction of sp³-hybridized carbons (Fsp3) is 0.381. The number of methoxy groups -OCH3 is 1. The van der Waals surface area contributed by atoms with E-state index in [0.29, 0.717) is 11.3 Å². The topological polar surface area (TPSA) is 79.8 Å². The zero-order valence-corrected chi connectivity index (χ0v) is 16.4. The number of carboxylic acids is 1. The highest BCUT2D eigenvalue weighted by Gasteiger charge is 2.45. The van der Waals surface area contributed by atoms with Crippen LogP contribution < -0.4 is 20.1 Å². The van der Waals surface area contributed by atoms with Gasteiger partial charge in [0.05, 0.1) is 13.0 Å². The van der Waals surface area contributed by atoms with Crippen LogP contribution in [0.25, 0.3) is 0 Å². The molecule has 1 fully saturated rings. The standard InChI is InChI=1S/C21H23F3N2O4/c1-12-17(20(27)28)19(18(26-12)13-6-4-3-5-7-13)25-11-14-10-15(30-21(22,23)24)8-9-16(14)29-2/h3-10,12,17-19,25-26H,11H2,1-2H3,(H,27,28). The summed E-state index contributed by atoms with van der Waals surface area (Å²) in [6.45, 7) is 1.90. The van der Waals surface area contributed by atoms with Crippen LogP contribution in [0.2, 0.25) is 0 Å². The lowest BCUT2D eigenvalue weighted by Gasteiger charge is -2.25. The number of hydrogen-bond acceptors (Lipinski definition) is 5. The predicted octanol–water partition coefficient (Wildman–Crippen LogP) is 3.49. The summed E-state index contributed by atoms with van der Waals surface area (Å²) in [7, 11) is 1.41. The summed E-state index contributed by atoms with van der Waals surface area (Å²) in [5.74, 6) is -1.67. The molecular weight excluding hydrogens is 401 g/mol. The monoisotopic (exact) mass is 424 g/mol. The van der Waals surface area contributed by atoms with Crippen molar-refractivity contribution in [2.24, 2.45) is 5.92 Å². The first-order valence-electron chi connectivity index (χ1n) is 9.39. The Morgan fingerprint density at radius 2 is 1.90 bits per heavy atom. The van der Waals surface area contributed by atoms with Gasteiger partial charge in [-0.3, -0.25) is 4.79 Å². The van der Waals surface area contributed by atoms with E-state index in [9.17, 15) is 23.1 Å². The molecule has 1 aliphatic heterocycles. The highest BCUT2D eigenvalue weighted by atomic mass is 19.4. The van der Waals surface area contributed by atoms with Crippen molar-refractivity contribution in [2.45, 2.75) is 38.0 Å². The number of benzene rings is 2. The number of ether oxygens (including phenoxy) is 2. The fourth-order valence-corrected chi connectivity index (χ4v) is 3.90. The Hall–Kier alpha value is -2.78. The first-order chi connectivity index (χ1) is 14.2. The minimum Gasteiger partial charge on any atom is -0.496 e. The third-order valence-electron chi connectivity index (χ3n) is 5.18. The van der Waals surface area contributed by atoms with Crippen LogP contribution >= 0.6 is 0 Å². The fourth-order valence-electron chi connectivity index (χ4n) is 3.90. The van der Waals surface area contributed by atoms with Crippen molar-refractivity contribution in [1.82, 2.24) is 10.6 Å². The van der Waals surface area contributed by atoms with E-state index in [0.717, 1.165) is 5.56 Å². The zero-order chi connectivity index (χ0) is 21.9. The van der Waals surface area contributed by atoms with Crippen molar-refractivity contribution in [3.05, 3.63) is 59.7 Å². The number of alkyl halides is 3. The normalized spacial score (nSPS) is 23.9. The molecule has 1 heterocycles. The Balaban J connectivity index is 1.85. The van der Waals surface area contributed by atoms with E-state index < -0.39 is 24.3 Å². The molecular formula is C21H23F3N2O4. The first kappa shape index (κ1) is 21.9. The highest BCUT2D eigenvalue weighted by Crippen LogP contribution is 2.33. The molecule has 162 valence electrons. The first-order valence-corrected chi connectivity index (χ1v) is 9.39. The molecule has 30 heavy (non-hydrogen) atoms. The van der Waals surface area contributed by atoms with Crippen molar-refractivity contribution in [1.29, 1.82) is 0 Å². The van der Waals surface area contributed by atoms with Crippen LogP contribution in [0.3, 0.4) is 0 Å². The summed E-state index contributed by atoms with van der Waals surface area (Å²) in [5.41, 5.74) is 1.35. The average molecular weight is 424 g/mol. The van der Waals surface area contributed by atoms with Crippen LogP contribution in [-0.4, -0.2) is 36.6 Å². The predicted molar refractivity (Wildman–Crippen MR) is 103 cm³/mol.